The van der Waals surface area contributed by atoms with Crippen molar-refractivity contribution in [1.29, 1.82) is 0 Å². The molecule has 1 aliphatic rings. The summed E-state index contributed by atoms with van der Waals surface area (Å²) in [5.41, 5.74) is -0.192. The van der Waals surface area contributed by atoms with E-state index in [9.17, 15) is 4.79 Å². The number of hydrogen-bond donors (Lipinski definition) is 1. The minimum atomic E-state index is -0.192. The summed E-state index contributed by atoms with van der Waals surface area (Å²) in [6.07, 6.45) is 1.65. The highest BCUT2D eigenvalue weighted by molar-refractivity contribution is 5.83. The molecule has 5 nitrogen and oxygen atoms in total. The Bertz CT molecular complexity index is 428. The summed E-state index contributed by atoms with van der Waals surface area (Å²) >= 11 is 0. The van der Waals surface area contributed by atoms with Crippen LogP contribution in [-0.2, 0) is 11.3 Å². The van der Waals surface area contributed by atoms with Gasteiger partial charge in [-0.25, -0.2) is 0 Å². The van der Waals surface area contributed by atoms with Crippen LogP contribution in [0.2, 0.25) is 0 Å². The lowest BCUT2D eigenvalue weighted by molar-refractivity contribution is -0.151. The maximum atomic E-state index is 12.7. The maximum absolute atomic E-state index is 12.7. The second kappa shape index (κ2) is 5.35. The maximum Gasteiger partial charge on any atom is 0.242 e. The van der Waals surface area contributed by atoms with Gasteiger partial charge in [0.2, 0.25) is 5.91 Å². The molecule has 1 aromatic rings. The molecule has 0 aliphatic carbocycles. The van der Waals surface area contributed by atoms with Gasteiger partial charge in [0.1, 0.15) is 11.8 Å². The molecule has 1 saturated heterocycles. The van der Waals surface area contributed by atoms with Crippen molar-refractivity contribution in [2.75, 3.05) is 27.2 Å². The normalized spacial score (nSPS) is 23.9. The molecule has 1 atom stereocenters. The van der Waals surface area contributed by atoms with Gasteiger partial charge < -0.3 is 14.6 Å². The first-order valence-electron chi connectivity index (χ1n) is 6.64. The second-order valence-corrected chi connectivity index (χ2v) is 5.80. The van der Waals surface area contributed by atoms with Crippen LogP contribution in [0.3, 0.4) is 0 Å². The standard InChI is InChI=1S/C14H23N3O2/c1-14(2)10-16(4)12(8-15-3)13(18)17(14)9-11-6-5-7-19-11/h5-7,12,15H,8-10H2,1-4H3. The monoisotopic (exact) mass is 265 g/mol. The van der Waals surface area contributed by atoms with Crippen molar-refractivity contribution in [3.05, 3.63) is 24.2 Å². The van der Waals surface area contributed by atoms with E-state index < -0.39 is 0 Å². The van der Waals surface area contributed by atoms with Crippen LogP contribution in [-0.4, -0.2) is 54.5 Å². The summed E-state index contributed by atoms with van der Waals surface area (Å²) in [6, 6.07) is 3.66. The molecule has 0 saturated carbocycles. The van der Waals surface area contributed by atoms with E-state index in [1.807, 2.05) is 31.1 Å². The number of piperazine rings is 1. The fourth-order valence-electron chi connectivity index (χ4n) is 2.76. The first-order chi connectivity index (χ1) is 8.95. The molecule has 1 aromatic heterocycles. The van der Waals surface area contributed by atoms with Crippen molar-refractivity contribution in [2.45, 2.75) is 32.0 Å². The Kier molecular flexibility index (Phi) is 3.96. The number of likely N-dealkylation sites (N-methyl/N-ethyl adjacent to an activating group) is 2. The summed E-state index contributed by atoms with van der Waals surface area (Å²) in [5, 5.41) is 3.09. The molecule has 1 aliphatic heterocycles. The minimum absolute atomic E-state index is 0.104. The Hall–Kier alpha value is -1.33. The number of nitrogens with one attached hydrogen (secondary N) is 1. The molecule has 19 heavy (non-hydrogen) atoms. The molecule has 0 aromatic carbocycles. The van der Waals surface area contributed by atoms with Gasteiger partial charge in [-0.3, -0.25) is 9.69 Å². The lowest BCUT2D eigenvalue weighted by atomic mass is 9.95. The van der Waals surface area contributed by atoms with Crippen molar-refractivity contribution < 1.29 is 9.21 Å². The van der Waals surface area contributed by atoms with Gasteiger partial charge in [0.05, 0.1) is 18.3 Å². The van der Waals surface area contributed by atoms with Crippen LogP contribution in [0.25, 0.3) is 0 Å². The average molecular weight is 265 g/mol. The van der Waals surface area contributed by atoms with Gasteiger partial charge in [-0.1, -0.05) is 0 Å². The second-order valence-electron chi connectivity index (χ2n) is 5.80. The van der Waals surface area contributed by atoms with Gasteiger partial charge in [-0.05, 0) is 40.1 Å². The third kappa shape index (κ3) is 2.82. The van der Waals surface area contributed by atoms with Crippen LogP contribution in [0.1, 0.15) is 19.6 Å². The first-order valence-corrected chi connectivity index (χ1v) is 6.64. The number of carbonyl (C=O) groups excluding carboxylic acids is 1. The highest BCUT2D eigenvalue weighted by atomic mass is 16.3. The lowest BCUT2D eigenvalue weighted by Crippen LogP contribution is -2.66. The van der Waals surface area contributed by atoms with E-state index in [0.717, 1.165) is 12.3 Å². The Labute approximate surface area is 114 Å². The molecule has 1 N–H and O–H groups in total. The molecule has 0 spiro atoms. The van der Waals surface area contributed by atoms with Gasteiger partial charge in [0.25, 0.3) is 0 Å². The third-order valence-electron chi connectivity index (χ3n) is 3.74. The average Bonchev–Trinajstić information content (AvgIpc) is 2.82. The van der Waals surface area contributed by atoms with E-state index in [4.69, 9.17) is 4.42 Å². The fraction of sp³-hybridized carbons (Fsp3) is 0.643. The Balaban J connectivity index is 2.20. The highest BCUT2D eigenvalue weighted by Gasteiger charge is 2.43. The largest absolute Gasteiger partial charge is 0.467 e. The zero-order valence-electron chi connectivity index (χ0n) is 12.1. The Morgan fingerprint density at radius 1 is 1.53 bits per heavy atom. The predicted octanol–water partition coefficient (Wildman–Crippen LogP) is 0.920. The van der Waals surface area contributed by atoms with E-state index in [1.54, 1.807) is 6.26 Å². The van der Waals surface area contributed by atoms with Crippen LogP contribution >= 0.6 is 0 Å². The molecule has 5 heteroatoms. The van der Waals surface area contributed by atoms with Crippen molar-refractivity contribution in [2.24, 2.45) is 0 Å². The first kappa shape index (κ1) is 14.1. The van der Waals surface area contributed by atoms with Gasteiger partial charge >= 0.3 is 0 Å². The van der Waals surface area contributed by atoms with E-state index >= 15 is 0 Å². The zero-order chi connectivity index (χ0) is 14.0. The van der Waals surface area contributed by atoms with Crippen LogP contribution in [0.4, 0.5) is 0 Å². The quantitative estimate of drug-likeness (QED) is 0.879. The molecule has 0 radical (unpaired) electrons. The molecule has 2 heterocycles. The third-order valence-corrected chi connectivity index (χ3v) is 3.74. The summed E-state index contributed by atoms with van der Waals surface area (Å²) in [7, 11) is 3.88. The van der Waals surface area contributed by atoms with E-state index in [1.165, 1.54) is 0 Å². The topological polar surface area (TPSA) is 48.7 Å². The minimum Gasteiger partial charge on any atom is -0.467 e. The number of furan rings is 1. The van der Waals surface area contributed by atoms with Crippen LogP contribution in [0, 0.1) is 0 Å². The van der Waals surface area contributed by atoms with Crippen LogP contribution in [0.15, 0.2) is 22.8 Å². The van der Waals surface area contributed by atoms with Gasteiger partial charge in [0, 0.05) is 13.1 Å². The molecule has 1 fully saturated rings. The summed E-state index contributed by atoms with van der Waals surface area (Å²) < 4.78 is 5.38. The van der Waals surface area contributed by atoms with Crippen LogP contribution < -0.4 is 5.32 Å². The van der Waals surface area contributed by atoms with Gasteiger partial charge in [-0.15, -0.1) is 0 Å². The van der Waals surface area contributed by atoms with E-state index in [0.29, 0.717) is 13.1 Å². The van der Waals surface area contributed by atoms with Crippen molar-refractivity contribution in [1.82, 2.24) is 15.1 Å². The lowest BCUT2D eigenvalue weighted by Gasteiger charge is -2.49. The number of nitrogens with zero attached hydrogens (tertiary/aromatic N) is 2. The SMILES string of the molecule is CNCC1C(=O)N(Cc2ccco2)C(C)(C)CN1C. The van der Waals surface area contributed by atoms with Gasteiger partial charge in [0.15, 0.2) is 0 Å². The summed E-state index contributed by atoms with van der Waals surface area (Å²) in [5.74, 6) is 0.985. The zero-order valence-corrected chi connectivity index (χ0v) is 12.1. The van der Waals surface area contributed by atoms with Crippen molar-refractivity contribution in [3.63, 3.8) is 0 Å². The van der Waals surface area contributed by atoms with Crippen molar-refractivity contribution in [3.8, 4) is 0 Å². The summed E-state index contributed by atoms with van der Waals surface area (Å²) in [4.78, 5) is 16.7. The number of carbonyl (C=O) groups is 1. The van der Waals surface area contributed by atoms with Crippen LogP contribution in [0.5, 0.6) is 0 Å². The molecule has 106 valence electrons. The number of hydrogen-bond acceptors (Lipinski definition) is 4. The van der Waals surface area contributed by atoms with E-state index in [2.05, 4.69) is 24.1 Å². The predicted molar refractivity (Wildman–Crippen MR) is 73.7 cm³/mol. The highest BCUT2D eigenvalue weighted by Crippen LogP contribution is 2.26. The molecule has 2 rings (SSSR count). The van der Waals surface area contributed by atoms with Crippen molar-refractivity contribution >= 4 is 5.91 Å². The Morgan fingerprint density at radius 3 is 2.84 bits per heavy atom. The Morgan fingerprint density at radius 2 is 2.26 bits per heavy atom. The molecule has 1 unspecified atom stereocenters. The molecule has 1 amide bonds. The number of amides is 1. The molecular formula is C14H23N3O2. The fourth-order valence-corrected chi connectivity index (χ4v) is 2.76. The molecule has 0 bridgehead atoms. The number of rotatable bonds is 4. The summed E-state index contributed by atoms with van der Waals surface area (Å²) in [6.45, 7) is 6.25. The van der Waals surface area contributed by atoms with Gasteiger partial charge in [-0.2, -0.15) is 0 Å². The van der Waals surface area contributed by atoms with E-state index in [-0.39, 0.29) is 17.5 Å². The smallest absolute Gasteiger partial charge is 0.242 e. The molecular weight excluding hydrogens is 242 g/mol.